The van der Waals surface area contributed by atoms with Gasteiger partial charge in [-0.05, 0) is 24.5 Å². The van der Waals surface area contributed by atoms with Crippen LogP contribution < -0.4 is 15.1 Å². The topological polar surface area (TPSA) is 57.2 Å². The van der Waals surface area contributed by atoms with E-state index in [2.05, 4.69) is 44.1 Å². The van der Waals surface area contributed by atoms with Crippen LogP contribution in [0.25, 0.3) is 0 Å². The van der Waals surface area contributed by atoms with E-state index >= 15 is 0 Å². The van der Waals surface area contributed by atoms with Crippen molar-refractivity contribution in [1.82, 2.24) is 15.2 Å². The molecule has 134 valence electrons. The molecule has 1 aliphatic heterocycles. The molecule has 0 bridgehead atoms. The number of halogens is 1. The van der Waals surface area contributed by atoms with Crippen molar-refractivity contribution in [3.63, 3.8) is 0 Å². The smallest absolute Gasteiger partial charge is 0.244 e. The SMILES string of the molecule is CC(C)CCNc1nncc(N2CCN(c3ccccc3F)CC2)n1. The van der Waals surface area contributed by atoms with Gasteiger partial charge in [-0.3, -0.25) is 0 Å². The fraction of sp³-hybridized carbons (Fsp3) is 0.500. The van der Waals surface area contributed by atoms with E-state index in [1.807, 2.05) is 12.1 Å². The molecular weight excluding hydrogens is 319 g/mol. The lowest BCUT2D eigenvalue weighted by molar-refractivity contribution is 0.595. The lowest BCUT2D eigenvalue weighted by atomic mass is 10.1. The summed E-state index contributed by atoms with van der Waals surface area (Å²) in [4.78, 5) is 8.80. The molecule has 1 saturated heterocycles. The molecule has 1 aromatic heterocycles. The zero-order valence-corrected chi connectivity index (χ0v) is 14.8. The van der Waals surface area contributed by atoms with Crippen LogP contribution in [-0.4, -0.2) is 47.9 Å². The van der Waals surface area contributed by atoms with E-state index in [1.54, 1.807) is 12.3 Å². The second-order valence-electron chi connectivity index (χ2n) is 6.67. The fourth-order valence-corrected chi connectivity index (χ4v) is 2.88. The summed E-state index contributed by atoms with van der Waals surface area (Å²) in [7, 11) is 0. The molecule has 0 unspecified atom stereocenters. The number of benzene rings is 1. The quantitative estimate of drug-likeness (QED) is 0.870. The van der Waals surface area contributed by atoms with Crippen LogP contribution >= 0.6 is 0 Å². The van der Waals surface area contributed by atoms with Crippen LogP contribution in [0.5, 0.6) is 0 Å². The highest BCUT2D eigenvalue weighted by Crippen LogP contribution is 2.22. The molecule has 0 spiro atoms. The van der Waals surface area contributed by atoms with Gasteiger partial charge in [0, 0.05) is 32.7 Å². The maximum absolute atomic E-state index is 13.9. The summed E-state index contributed by atoms with van der Waals surface area (Å²) in [6.07, 6.45) is 2.75. The molecule has 7 heteroatoms. The van der Waals surface area contributed by atoms with Crippen molar-refractivity contribution < 1.29 is 4.39 Å². The summed E-state index contributed by atoms with van der Waals surface area (Å²) in [5.41, 5.74) is 0.666. The third-order valence-electron chi connectivity index (χ3n) is 4.35. The van der Waals surface area contributed by atoms with Crippen LogP contribution in [0.1, 0.15) is 20.3 Å². The van der Waals surface area contributed by atoms with E-state index in [0.717, 1.165) is 45.0 Å². The van der Waals surface area contributed by atoms with Gasteiger partial charge >= 0.3 is 0 Å². The van der Waals surface area contributed by atoms with Crippen LogP contribution in [-0.2, 0) is 0 Å². The third kappa shape index (κ3) is 4.55. The van der Waals surface area contributed by atoms with Crippen LogP contribution in [0, 0.1) is 11.7 Å². The second-order valence-corrected chi connectivity index (χ2v) is 6.67. The first-order valence-electron chi connectivity index (χ1n) is 8.81. The minimum Gasteiger partial charge on any atom is -0.366 e. The highest BCUT2D eigenvalue weighted by molar-refractivity contribution is 5.50. The lowest BCUT2D eigenvalue weighted by Crippen LogP contribution is -2.47. The summed E-state index contributed by atoms with van der Waals surface area (Å²) in [6, 6.07) is 6.92. The van der Waals surface area contributed by atoms with Crippen molar-refractivity contribution in [2.75, 3.05) is 47.8 Å². The third-order valence-corrected chi connectivity index (χ3v) is 4.35. The second kappa shape index (κ2) is 8.09. The van der Waals surface area contributed by atoms with Gasteiger partial charge in [-0.2, -0.15) is 10.1 Å². The van der Waals surface area contributed by atoms with E-state index in [-0.39, 0.29) is 5.82 Å². The van der Waals surface area contributed by atoms with Gasteiger partial charge in [0.15, 0.2) is 5.82 Å². The Morgan fingerprint density at radius 3 is 2.56 bits per heavy atom. The van der Waals surface area contributed by atoms with Crippen molar-refractivity contribution in [2.24, 2.45) is 5.92 Å². The first kappa shape index (κ1) is 17.4. The molecule has 1 aromatic carbocycles. The molecule has 1 N–H and O–H groups in total. The number of rotatable bonds is 6. The Morgan fingerprint density at radius 1 is 1.12 bits per heavy atom. The Balaban J connectivity index is 1.58. The van der Waals surface area contributed by atoms with Crippen molar-refractivity contribution in [3.05, 3.63) is 36.3 Å². The number of nitrogens with one attached hydrogen (secondary N) is 1. The number of para-hydroxylation sites is 1. The van der Waals surface area contributed by atoms with Crippen molar-refractivity contribution >= 4 is 17.5 Å². The molecule has 0 atom stereocenters. The maximum atomic E-state index is 13.9. The zero-order chi connectivity index (χ0) is 17.6. The largest absolute Gasteiger partial charge is 0.366 e. The molecule has 6 nitrogen and oxygen atoms in total. The maximum Gasteiger partial charge on any atom is 0.244 e. The lowest BCUT2D eigenvalue weighted by Gasteiger charge is -2.36. The van der Waals surface area contributed by atoms with E-state index < -0.39 is 0 Å². The normalized spacial score (nSPS) is 14.9. The summed E-state index contributed by atoms with van der Waals surface area (Å²) >= 11 is 0. The monoisotopic (exact) mass is 344 g/mol. The predicted molar refractivity (Wildman–Crippen MR) is 98.6 cm³/mol. The molecule has 3 rings (SSSR count). The van der Waals surface area contributed by atoms with Gasteiger partial charge in [0.25, 0.3) is 0 Å². The van der Waals surface area contributed by atoms with Gasteiger partial charge in [0.1, 0.15) is 5.82 Å². The van der Waals surface area contributed by atoms with Crippen LogP contribution in [0.2, 0.25) is 0 Å². The standard InChI is InChI=1S/C18H25FN6/c1-14(2)7-8-20-18-22-17(13-21-23-18)25-11-9-24(10-12-25)16-6-4-3-5-15(16)19/h3-6,13-14H,7-12H2,1-2H3,(H,20,22,23). The highest BCUT2D eigenvalue weighted by atomic mass is 19.1. The van der Waals surface area contributed by atoms with Crippen molar-refractivity contribution in [1.29, 1.82) is 0 Å². The van der Waals surface area contributed by atoms with E-state index in [1.165, 1.54) is 6.07 Å². The Hall–Kier alpha value is -2.44. The molecule has 0 saturated carbocycles. The molecule has 0 radical (unpaired) electrons. The van der Waals surface area contributed by atoms with Gasteiger partial charge in [-0.1, -0.05) is 26.0 Å². The number of piperazine rings is 1. The van der Waals surface area contributed by atoms with Gasteiger partial charge < -0.3 is 15.1 Å². The molecular formula is C18H25FN6. The van der Waals surface area contributed by atoms with Crippen molar-refractivity contribution in [3.8, 4) is 0 Å². The summed E-state index contributed by atoms with van der Waals surface area (Å²) in [6.45, 7) is 8.27. The minimum absolute atomic E-state index is 0.170. The van der Waals surface area contributed by atoms with Gasteiger partial charge in [-0.15, -0.1) is 5.10 Å². The molecule has 2 heterocycles. The van der Waals surface area contributed by atoms with E-state index in [9.17, 15) is 4.39 Å². The summed E-state index contributed by atoms with van der Waals surface area (Å²) in [5, 5.41) is 11.3. The first-order valence-corrected chi connectivity index (χ1v) is 8.81. The number of hydrogen-bond donors (Lipinski definition) is 1. The molecule has 0 amide bonds. The van der Waals surface area contributed by atoms with Crippen LogP contribution in [0.4, 0.5) is 21.8 Å². The number of anilines is 3. The summed E-state index contributed by atoms with van der Waals surface area (Å²) < 4.78 is 13.9. The number of hydrogen-bond acceptors (Lipinski definition) is 6. The molecule has 1 aliphatic rings. The zero-order valence-electron chi connectivity index (χ0n) is 14.8. The Bertz CT molecular complexity index is 685. The molecule has 2 aromatic rings. The van der Waals surface area contributed by atoms with E-state index in [4.69, 9.17) is 0 Å². The van der Waals surface area contributed by atoms with Gasteiger partial charge in [-0.25, -0.2) is 4.39 Å². The van der Waals surface area contributed by atoms with Crippen molar-refractivity contribution in [2.45, 2.75) is 20.3 Å². The van der Waals surface area contributed by atoms with Gasteiger partial charge in [0.2, 0.25) is 5.95 Å². The number of nitrogens with zero attached hydrogens (tertiary/aromatic N) is 5. The van der Waals surface area contributed by atoms with E-state index in [0.29, 0.717) is 17.6 Å². The molecule has 0 aliphatic carbocycles. The molecule has 25 heavy (non-hydrogen) atoms. The van der Waals surface area contributed by atoms with Crippen LogP contribution in [0.15, 0.2) is 30.5 Å². The van der Waals surface area contributed by atoms with Crippen LogP contribution in [0.3, 0.4) is 0 Å². The minimum atomic E-state index is -0.170. The predicted octanol–water partition coefficient (Wildman–Crippen LogP) is 2.80. The van der Waals surface area contributed by atoms with Gasteiger partial charge in [0.05, 0.1) is 11.9 Å². The highest BCUT2D eigenvalue weighted by Gasteiger charge is 2.20. The fourth-order valence-electron chi connectivity index (χ4n) is 2.88. The average Bonchev–Trinajstić information content (AvgIpc) is 2.62. The average molecular weight is 344 g/mol. The number of aromatic nitrogens is 3. The Kier molecular flexibility index (Phi) is 5.63. The summed E-state index contributed by atoms with van der Waals surface area (Å²) in [5.74, 6) is 1.84. The first-order chi connectivity index (χ1) is 12.1. The Morgan fingerprint density at radius 2 is 1.84 bits per heavy atom. The Labute approximate surface area is 148 Å². The molecule has 1 fully saturated rings.